The Bertz CT molecular complexity index is 327. The third-order valence-electron chi connectivity index (χ3n) is 1.99. The third kappa shape index (κ3) is 3.30. The molecule has 14 heavy (non-hydrogen) atoms. The second-order valence-corrected chi connectivity index (χ2v) is 5.16. The molecule has 1 rings (SSSR count). The zero-order valence-corrected chi connectivity index (χ0v) is 9.90. The third-order valence-corrected chi connectivity index (χ3v) is 3.21. The molecular formula is C10H13ClN2S. The summed E-state index contributed by atoms with van der Waals surface area (Å²) in [6, 6.07) is 6.47. The Kier molecular flexibility index (Phi) is 4.40. The lowest BCUT2D eigenvalue weighted by Gasteiger charge is -2.22. The molecule has 0 spiro atoms. The van der Waals surface area contributed by atoms with E-state index in [-0.39, 0.29) is 0 Å². The maximum atomic E-state index is 8.65. The molecule has 0 aliphatic heterocycles. The van der Waals surface area contributed by atoms with Crippen LogP contribution in [0.4, 0.5) is 0 Å². The van der Waals surface area contributed by atoms with Gasteiger partial charge in [-0.25, -0.2) is 0 Å². The highest BCUT2D eigenvalue weighted by molar-refractivity contribution is 7.16. The van der Waals surface area contributed by atoms with Crippen molar-refractivity contribution in [3.63, 3.8) is 0 Å². The average molecular weight is 229 g/mol. The molecule has 0 aliphatic carbocycles. The van der Waals surface area contributed by atoms with Crippen LogP contribution in [-0.4, -0.2) is 17.5 Å². The molecule has 0 aromatic carbocycles. The van der Waals surface area contributed by atoms with E-state index in [0.29, 0.717) is 12.6 Å². The van der Waals surface area contributed by atoms with Gasteiger partial charge in [-0.3, -0.25) is 4.90 Å². The van der Waals surface area contributed by atoms with Crippen molar-refractivity contribution in [3.05, 3.63) is 21.3 Å². The molecule has 0 amide bonds. The SMILES string of the molecule is CC(C)N(CC#N)Cc1ccc(Cl)s1. The zero-order valence-electron chi connectivity index (χ0n) is 8.33. The topological polar surface area (TPSA) is 27.0 Å². The molecule has 4 heteroatoms. The molecule has 0 bridgehead atoms. The van der Waals surface area contributed by atoms with Crippen LogP contribution in [0.2, 0.25) is 4.34 Å². The van der Waals surface area contributed by atoms with Crippen molar-refractivity contribution >= 4 is 22.9 Å². The van der Waals surface area contributed by atoms with Crippen LogP contribution in [0.1, 0.15) is 18.7 Å². The molecule has 76 valence electrons. The van der Waals surface area contributed by atoms with Gasteiger partial charge < -0.3 is 0 Å². The van der Waals surface area contributed by atoms with Gasteiger partial charge >= 0.3 is 0 Å². The standard InChI is InChI=1S/C10H13ClN2S/c1-8(2)13(6-5-12)7-9-3-4-10(11)14-9/h3-4,8H,6-7H2,1-2H3. The normalized spacial score (nSPS) is 10.9. The summed E-state index contributed by atoms with van der Waals surface area (Å²) in [6.45, 7) is 5.45. The summed E-state index contributed by atoms with van der Waals surface area (Å²) in [5.41, 5.74) is 0. The minimum absolute atomic E-state index is 0.385. The fourth-order valence-electron chi connectivity index (χ4n) is 1.15. The molecule has 0 aliphatic rings. The Morgan fingerprint density at radius 3 is 2.71 bits per heavy atom. The second kappa shape index (κ2) is 5.35. The molecule has 0 saturated carbocycles. The van der Waals surface area contributed by atoms with E-state index >= 15 is 0 Å². The van der Waals surface area contributed by atoms with E-state index in [1.54, 1.807) is 11.3 Å². The van der Waals surface area contributed by atoms with Gasteiger partial charge in [0.05, 0.1) is 17.0 Å². The van der Waals surface area contributed by atoms with Crippen LogP contribution >= 0.6 is 22.9 Å². The first-order chi connectivity index (χ1) is 6.63. The van der Waals surface area contributed by atoms with Crippen LogP contribution in [0.3, 0.4) is 0 Å². The van der Waals surface area contributed by atoms with Crippen molar-refractivity contribution in [1.29, 1.82) is 5.26 Å². The highest BCUT2D eigenvalue weighted by Crippen LogP contribution is 2.23. The smallest absolute Gasteiger partial charge is 0.0931 e. The van der Waals surface area contributed by atoms with Crippen molar-refractivity contribution in [2.75, 3.05) is 6.54 Å². The van der Waals surface area contributed by atoms with Gasteiger partial charge in [-0.15, -0.1) is 11.3 Å². The number of thiophene rings is 1. The largest absolute Gasteiger partial charge is 0.283 e. The van der Waals surface area contributed by atoms with Gasteiger partial charge in [-0.05, 0) is 26.0 Å². The van der Waals surface area contributed by atoms with Gasteiger partial charge in [0.15, 0.2) is 0 Å². The van der Waals surface area contributed by atoms with Crippen molar-refractivity contribution in [3.8, 4) is 6.07 Å². The van der Waals surface area contributed by atoms with E-state index in [1.807, 2.05) is 12.1 Å². The molecule has 1 aromatic heterocycles. The first-order valence-corrected chi connectivity index (χ1v) is 5.68. The van der Waals surface area contributed by atoms with Crippen LogP contribution in [0.5, 0.6) is 0 Å². The zero-order chi connectivity index (χ0) is 10.6. The maximum absolute atomic E-state index is 8.65. The van der Waals surface area contributed by atoms with E-state index in [0.717, 1.165) is 10.9 Å². The number of halogens is 1. The Morgan fingerprint density at radius 1 is 1.57 bits per heavy atom. The Labute approximate surface area is 93.7 Å². The summed E-state index contributed by atoms with van der Waals surface area (Å²) in [4.78, 5) is 3.32. The molecule has 2 nitrogen and oxygen atoms in total. The minimum atomic E-state index is 0.385. The van der Waals surface area contributed by atoms with Crippen molar-refractivity contribution < 1.29 is 0 Å². The van der Waals surface area contributed by atoms with Gasteiger partial charge in [-0.2, -0.15) is 5.26 Å². The average Bonchev–Trinajstić information content (AvgIpc) is 2.50. The van der Waals surface area contributed by atoms with Crippen molar-refractivity contribution in [1.82, 2.24) is 4.90 Å². The molecule has 1 heterocycles. The molecular weight excluding hydrogens is 216 g/mol. The Morgan fingerprint density at radius 2 is 2.29 bits per heavy atom. The molecule has 1 aromatic rings. The van der Waals surface area contributed by atoms with E-state index in [4.69, 9.17) is 16.9 Å². The van der Waals surface area contributed by atoms with Gasteiger partial charge in [0.2, 0.25) is 0 Å². The van der Waals surface area contributed by atoms with E-state index in [1.165, 1.54) is 4.88 Å². The summed E-state index contributed by atoms with van der Waals surface area (Å²) in [5, 5.41) is 8.65. The number of hydrogen-bond donors (Lipinski definition) is 0. The molecule has 0 N–H and O–H groups in total. The predicted octanol–water partition coefficient (Wildman–Crippen LogP) is 3.14. The van der Waals surface area contributed by atoms with Gasteiger partial charge in [0, 0.05) is 17.5 Å². The Hall–Kier alpha value is -0.560. The number of nitrogens with zero attached hydrogens (tertiary/aromatic N) is 2. The van der Waals surface area contributed by atoms with Crippen molar-refractivity contribution in [2.45, 2.75) is 26.4 Å². The fraction of sp³-hybridized carbons (Fsp3) is 0.500. The summed E-state index contributed by atoms with van der Waals surface area (Å²) in [6.07, 6.45) is 0. The minimum Gasteiger partial charge on any atom is -0.283 e. The van der Waals surface area contributed by atoms with Gasteiger partial charge in [0.1, 0.15) is 0 Å². The van der Waals surface area contributed by atoms with Crippen LogP contribution in [0.25, 0.3) is 0 Å². The summed E-state index contributed by atoms with van der Waals surface area (Å²) < 4.78 is 0.806. The monoisotopic (exact) mass is 228 g/mol. The van der Waals surface area contributed by atoms with Gasteiger partial charge in [0.25, 0.3) is 0 Å². The fourth-order valence-corrected chi connectivity index (χ4v) is 2.26. The number of hydrogen-bond acceptors (Lipinski definition) is 3. The molecule has 0 fully saturated rings. The summed E-state index contributed by atoms with van der Waals surface area (Å²) in [7, 11) is 0. The van der Waals surface area contributed by atoms with E-state index < -0.39 is 0 Å². The van der Waals surface area contributed by atoms with Crippen molar-refractivity contribution in [2.24, 2.45) is 0 Å². The quantitative estimate of drug-likeness (QED) is 0.741. The highest BCUT2D eigenvalue weighted by atomic mass is 35.5. The lowest BCUT2D eigenvalue weighted by atomic mass is 10.3. The second-order valence-electron chi connectivity index (χ2n) is 3.36. The Balaban J connectivity index is 2.60. The number of rotatable bonds is 4. The lowest BCUT2D eigenvalue weighted by Crippen LogP contribution is -2.30. The van der Waals surface area contributed by atoms with E-state index in [2.05, 4.69) is 24.8 Å². The van der Waals surface area contributed by atoms with Gasteiger partial charge in [-0.1, -0.05) is 11.6 Å². The van der Waals surface area contributed by atoms with Crippen LogP contribution < -0.4 is 0 Å². The lowest BCUT2D eigenvalue weighted by molar-refractivity contribution is 0.242. The maximum Gasteiger partial charge on any atom is 0.0931 e. The summed E-state index contributed by atoms with van der Waals surface area (Å²) in [5.74, 6) is 0. The predicted molar refractivity (Wildman–Crippen MR) is 60.5 cm³/mol. The molecule has 0 radical (unpaired) electrons. The molecule has 0 atom stereocenters. The summed E-state index contributed by atoms with van der Waals surface area (Å²) >= 11 is 7.41. The van der Waals surface area contributed by atoms with Crippen LogP contribution in [0, 0.1) is 11.3 Å². The highest BCUT2D eigenvalue weighted by Gasteiger charge is 2.10. The van der Waals surface area contributed by atoms with Crippen LogP contribution in [0.15, 0.2) is 12.1 Å². The van der Waals surface area contributed by atoms with E-state index in [9.17, 15) is 0 Å². The first kappa shape index (κ1) is 11.5. The number of nitriles is 1. The molecule has 0 saturated heterocycles. The molecule has 0 unspecified atom stereocenters. The van der Waals surface area contributed by atoms with Crippen LogP contribution in [-0.2, 0) is 6.54 Å². The first-order valence-electron chi connectivity index (χ1n) is 4.48.